The van der Waals surface area contributed by atoms with E-state index in [1.807, 2.05) is 6.08 Å². The van der Waals surface area contributed by atoms with Crippen LogP contribution in [0.4, 0.5) is 0 Å². The summed E-state index contributed by atoms with van der Waals surface area (Å²) in [6.45, 7) is 15.5. The highest BCUT2D eigenvalue weighted by atomic mass is 16.5. The molecule has 6 atom stereocenters. The summed E-state index contributed by atoms with van der Waals surface area (Å²) in [6, 6.07) is 0. The number of rotatable bonds is 1. The van der Waals surface area contributed by atoms with E-state index in [1.54, 1.807) is 0 Å². The van der Waals surface area contributed by atoms with Crippen molar-refractivity contribution < 1.29 is 9.84 Å². The van der Waals surface area contributed by atoms with Gasteiger partial charge in [0.15, 0.2) is 0 Å². The fraction of sp³-hybridized carbons (Fsp3) is 0.900. The molecule has 3 rings (SSSR count). The Morgan fingerprint density at radius 2 is 1.59 bits per heavy atom. The van der Waals surface area contributed by atoms with E-state index in [0.29, 0.717) is 11.8 Å². The van der Waals surface area contributed by atoms with Crippen molar-refractivity contribution in [2.45, 2.75) is 90.4 Å². The Morgan fingerprint density at radius 1 is 0.955 bits per heavy atom. The second-order valence-electron chi connectivity index (χ2n) is 9.50. The summed E-state index contributed by atoms with van der Waals surface area (Å²) in [5.41, 5.74) is 0.106. The van der Waals surface area contributed by atoms with Crippen LogP contribution in [0.1, 0.15) is 73.1 Å². The van der Waals surface area contributed by atoms with Crippen LogP contribution in [-0.4, -0.2) is 22.4 Å². The van der Waals surface area contributed by atoms with Gasteiger partial charge >= 0.3 is 0 Å². The lowest BCUT2D eigenvalue weighted by molar-refractivity contribution is -0.262. The molecular weight excluding hydrogens is 272 g/mol. The topological polar surface area (TPSA) is 29.5 Å². The Hall–Kier alpha value is -0.340. The van der Waals surface area contributed by atoms with Crippen molar-refractivity contribution in [2.75, 3.05) is 0 Å². The zero-order valence-electron chi connectivity index (χ0n) is 15.1. The molecule has 0 unspecified atom stereocenters. The van der Waals surface area contributed by atoms with Crippen LogP contribution in [0.25, 0.3) is 0 Å². The fourth-order valence-corrected chi connectivity index (χ4v) is 6.41. The maximum absolute atomic E-state index is 10.5. The van der Waals surface area contributed by atoms with Gasteiger partial charge in [0.2, 0.25) is 0 Å². The highest BCUT2D eigenvalue weighted by Gasteiger charge is 2.62. The van der Waals surface area contributed by atoms with Crippen molar-refractivity contribution in [3.8, 4) is 0 Å². The van der Waals surface area contributed by atoms with Crippen molar-refractivity contribution in [3.63, 3.8) is 0 Å². The maximum atomic E-state index is 10.5. The Bertz CT molecular complexity index is 470. The van der Waals surface area contributed by atoms with Crippen molar-refractivity contribution in [3.05, 3.63) is 12.7 Å². The first-order valence-corrected chi connectivity index (χ1v) is 9.09. The van der Waals surface area contributed by atoms with Crippen LogP contribution < -0.4 is 0 Å². The summed E-state index contributed by atoms with van der Waals surface area (Å²) in [6.07, 6.45) is 8.48. The molecular formula is C20H34O2. The molecule has 1 heterocycles. The molecule has 0 radical (unpaired) electrons. The maximum Gasteiger partial charge on any atom is 0.0839 e. The molecule has 0 aromatic heterocycles. The highest BCUT2D eigenvalue weighted by molar-refractivity contribution is 5.13. The predicted octanol–water partition coefficient (Wildman–Crippen LogP) is 4.71. The molecule has 0 spiro atoms. The summed E-state index contributed by atoms with van der Waals surface area (Å²) in [5, 5.41) is 10.5. The second-order valence-corrected chi connectivity index (χ2v) is 9.50. The zero-order valence-corrected chi connectivity index (χ0v) is 15.1. The molecule has 1 aliphatic heterocycles. The minimum atomic E-state index is -0.169. The standard InChI is InChI=1S/C20H34O2/c1-7-18(4)11-8-15-19(5)12-10-16(21)17(2,3)14(19)9-13-20(15,6)22-18/h7,14-16,21H,1,8-13H2,2-6H3/t14-,15-,16-,18+,19+,20+/m1/s1. The van der Waals surface area contributed by atoms with Gasteiger partial charge in [-0.2, -0.15) is 0 Å². The molecule has 3 fully saturated rings. The van der Waals surface area contributed by atoms with E-state index in [4.69, 9.17) is 4.74 Å². The molecule has 126 valence electrons. The molecule has 0 aromatic rings. The van der Waals surface area contributed by atoms with Crippen LogP contribution >= 0.6 is 0 Å². The van der Waals surface area contributed by atoms with Gasteiger partial charge in [0, 0.05) is 0 Å². The van der Waals surface area contributed by atoms with Gasteiger partial charge in [0.1, 0.15) is 0 Å². The summed E-state index contributed by atoms with van der Waals surface area (Å²) in [5.74, 6) is 1.19. The highest BCUT2D eigenvalue weighted by Crippen LogP contribution is 2.65. The third-order valence-electron chi connectivity index (χ3n) is 7.80. The van der Waals surface area contributed by atoms with Gasteiger partial charge in [-0.15, -0.1) is 6.58 Å². The minimum absolute atomic E-state index is 0.0213. The second kappa shape index (κ2) is 4.83. The zero-order chi connectivity index (χ0) is 16.4. The van der Waals surface area contributed by atoms with Crippen LogP contribution in [-0.2, 0) is 4.74 Å². The van der Waals surface area contributed by atoms with E-state index in [1.165, 1.54) is 12.8 Å². The number of hydrogen-bond donors (Lipinski definition) is 1. The van der Waals surface area contributed by atoms with Crippen LogP contribution in [0.15, 0.2) is 12.7 Å². The first kappa shape index (κ1) is 16.5. The van der Waals surface area contributed by atoms with Gasteiger partial charge in [-0.1, -0.05) is 26.8 Å². The van der Waals surface area contributed by atoms with Crippen molar-refractivity contribution >= 4 is 0 Å². The average molecular weight is 306 g/mol. The van der Waals surface area contributed by atoms with E-state index < -0.39 is 0 Å². The molecule has 22 heavy (non-hydrogen) atoms. The third kappa shape index (κ3) is 2.13. The molecule has 0 amide bonds. The van der Waals surface area contributed by atoms with Crippen molar-refractivity contribution in [1.29, 1.82) is 0 Å². The fourth-order valence-electron chi connectivity index (χ4n) is 6.41. The lowest BCUT2D eigenvalue weighted by atomic mass is 9.44. The van der Waals surface area contributed by atoms with Crippen LogP contribution in [0.2, 0.25) is 0 Å². The van der Waals surface area contributed by atoms with Gasteiger partial charge in [-0.25, -0.2) is 0 Å². The Balaban J connectivity index is 1.95. The normalized spacial score (nSPS) is 54.2. The van der Waals surface area contributed by atoms with E-state index in [2.05, 4.69) is 41.2 Å². The average Bonchev–Trinajstić information content (AvgIpc) is 2.42. The number of hydrogen-bond acceptors (Lipinski definition) is 2. The largest absolute Gasteiger partial charge is 0.393 e. The molecule has 2 saturated carbocycles. The molecule has 3 aliphatic rings. The van der Waals surface area contributed by atoms with Crippen LogP contribution in [0, 0.1) is 22.7 Å². The smallest absolute Gasteiger partial charge is 0.0839 e. The predicted molar refractivity (Wildman–Crippen MR) is 90.7 cm³/mol. The third-order valence-corrected chi connectivity index (χ3v) is 7.80. The summed E-state index contributed by atoms with van der Waals surface area (Å²) >= 11 is 0. The van der Waals surface area contributed by atoms with Gasteiger partial charge in [0.25, 0.3) is 0 Å². The van der Waals surface area contributed by atoms with Crippen LogP contribution in [0.3, 0.4) is 0 Å². The monoisotopic (exact) mass is 306 g/mol. The van der Waals surface area contributed by atoms with E-state index >= 15 is 0 Å². The lowest BCUT2D eigenvalue weighted by Crippen LogP contribution is -2.64. The number of ether oxygens (including phenoxy) is 1. The first-order valence-electron chi connectivity index (χ1n) is 9.09. The molecule has 0 aromatic carbocycles. The van der Waals surface area contributed by atoms with Crippen LogP contribution in [0.5, 0.6) is 0 Å². The van der Waals surface area contributed by atoms with Gasteiger partial charge < -0.3 is 9.84 Å². The Labute approximate surface area is 136 Å². The molecule has 1 N–H and O–H groups in total. The summed E-state index contributed by atoms with van der Waals surface area (Å²) in [4.78, 5) is 0. The number of aliphatic hydroxyl groups excluding tert-OH is 1. The van der Waals surface area contributed by atoms with E-state index in [-0.39, 0.29) is 28.1 Å². The van der Waals surface area contributed by atoms with E-state index in [9.17, 15) is 5.11 Å². The molecule has 2 nitrogen and oxygen atoms in total. The summed E-state index contributed by atoms with van der Waals surface area (Å²) in [7, 11) is 0. The molecule has 2 heteroatoms. The minimum Gasteiger partial charge on any atom is -0.393 e. The molecule has 0 bridgehead atoms. The Kier molecular flexibility index (Phi) is 3.63. The lowest BCUT2D eigenvalue weighted by Gasteiger charge is -2.65. The van der Waals surface area contributed by atoms with E-state index in [0.717, 1.165) is 25.7 Å². The van der Waals surface area contributed by atoms with Gasteiger partial charge in [-0.05, 0) is 75.0 Å². The van der Waals surface area contributed by atoms with Gasteiger partial charge in [0.05, 0.1) is 17.3 Å². The Morgan fingerprint density at radius 3 is 2.23 bits per heavy atom. The molecule has 1 saturated heterocycles. The number of aliphatic hydroxyl groups is 1. The quantitative estimate of drug-likeness (QED) is 0.711. The summed E-state index contributed by atoms with van der Waals surface area (Å²) < 4.78 is 6.64. The first-order chi connectivity index (χ1) is 10.1. The number of fused-ring (bicyclic) bond motifs is 3. The van der Waals surface area contributed by atoms with Gasteiger partial charge in [-0.3, -0.25) is 0 Å². The molecule has 2 aliphatic carbocycles. The van der Waals surface area contributed by atoms with Crippen molar-refractivity contribution in [2.24, 2.45) is 22.7 Å². The SMILES string of the molecule is C=C[C@@]1(C)CC[C@@H]2[C@@]3(C)CC[C@@H](O)C(C)(C)[C@H]3CC[C@]2(C)O1. The van der Waals surface area contributed by atoms with Crippen molar-refractivity contribution in [1.82, 2.24) is 0 Å².